The summed E-state index contributed by atoms with van der Waals surface area (Å²) in [5.41, 5.74) is 1.09. The minimum Gasteiger partial charge on any atom is -0.297 e. The van der Waals surface area contributed by atoms with Gasteiger partial charge < -0.3 is 0 Å². The highest BCUT2D eigenvalue weighted by molar-refractivity contribution is 7.90. The predicted octanol–water partition coefficient (Wildman–Crippen LogP) is 3.87. The molecule has 0 amide bonds. The molecule has 2 aromatic carbocycles. The third-order valence-electron chi connectivity index (χ3n) is 3.40. The lowest BCUT2D eigenvalue weighted by molar-refractivity contribution is 0.584. The zero-order valence-corrected chi connectivity index (χ0v) is 13.9. The van der Waals surface area contributed by atoms with Crippen LogP contribution >= 0.6 is 11.6 Å². The zero-order valence-electron chi connectivity index (χ0n) is 12.4. The summed E-state index contributed by atoms with van der Waals surface area (Å²) in [7, 11) is -3.32. The number of halogens is 3. The van der Waals surface area contributed by atoms with Crippen LogP contribution in [0.5, 0.6) is 0 Å². The highest BCUT2D eigenvalue weighted by Gasteiger charge is 2.15. The lowest BCUT2D eigenvalue weighted by Gasteiger charge is -2.10. The van der Waals surface area contributed by atoms with Gasteiger partial charge in [-0.2, -0.15) is 0 Å². The molecule has 124 valence electrons. The van der Waals surface area contributed by atoms with Crippen molar-refractivity contribution in [3.05, 3.63) is 65.6 Å². The number of benzene rings is 2. The van der Waals surface area contributed by atoms with E-state index < -0.39 is 21.5 Å². The van der Waals surface area contributed by atoms with Crippen LogP contribution in [0.15, 0.2) is 53.7 Å². The molecule has 0 saturated heterocycles. The Morgan fingerprint density at radius 2 is 1.62 bits per heavy atom. The maximum absolute atomic E-state index is 13.5. The van der Waals surface area contributed by atoms with E-state index in [1.54, 1.807) is 12.1 Å². The lowest BCUT2D eigenvalue weighted by Crippen LogP contribution is -2.00. The van der Waals surface area contributed by atoms with Crippen molar-refractivity contribution in [1.82, 2.24) is 9.55 Å². The van der Waals surface area contributed by atoms with Crippen molar-refractivity contribution >= 4 is 21.4 Å². The largest absolute Gasteiger partial charge is 0.297 e. The van der Waals surface area contributed by atoms with Crippen LogP contribution in [-0.4, -0.2) is 24.2 Å². The molecule has 8 heteroatoms. The number of hydrogen-bond donors (Lipinski definition) is 0. The molecule has 3 aromatic rings. The summed E-state index contributed by atoms with van der Waals surface area (Å²) in [5.74, 6) is -1.47. The van der Waals surface area contributed by atoms with Crippen LogP contribution in [0.4, 0.5) is 8.78 Å². The fourth-order valence-electron chi connectivity index (χ4n) is 2.33. The zero-order chi connectivity index (χ0) is 17.5. The summed E-state index contributed by atoms with van der Waals surface area (Å²) in [6.07, 6.45) is 2.51. The fraction of sp³-hybridized carbons (Fsp3) is 0.0625. The van der Waals surface area contributed by atoms with Gasteiger partial charge in [0.1, 0.15) is 18.0 Å². The molecule has 0 bridgehead atoms. The molecule has 3 rings (SSSR count). The molecule has 24 heavy (non-hydrogen) atoms. The van der Waals surface area contributed by atoms with Crippen LogP contribution in [0.25, 0.3) is 16.9 Å². The molecule has 0 radical (unpaired) electrons. The molecule has 0 saturated carbocycles. The highest BCUT2D eigenvalue weighted by Crippen LogP contribution is 2.31. The van der Waals surface area contributed by atoms with E-state index in [9.17, 15) is 17.2 Å². The second-order valence-corrected chi connectivity index (χ2v) is 7.55. The van der Waals surface area contributed by atoms with Gasteiger partial charge in [0.05, 0.1) is 10.6 Å². The molecule has 0 aliphatic rings. The number of aromatic nitrogens is 2. The van der Waals surface area contributed by atoms with Gasteiger partial charge in [0.25, 0.3) is 0 Å². The topological polar surface area (TPSA) is 52.0 Å². The summed E-state index contributed by atoms with van der Waals surface area (Å²) >= 11 is 6.07. The Hall–Kier alpha value is -2.25. The maximum atomic E-state index is 13.5. The minimum absolute atomic E-state index is 0.0761. The first-order valence-corrected chi connectivity index (χ1v) is 9.02. The Morgan fingerprint density at radius 1 is 1.04 bits per heavy atom. The third-order valence-corrected chi connectivity index (χ3v) is 4.81. The van der Waals surface area contributed by atoms with Gasteiger partial charge in [0.2, 0.25) is 0 Å². The van der Waals surface area contributed by atoms with Gasteiger partial charge in [0.15, 0.2) is 15.0 Å². The smallest absolute Gasteiger partial charge is 0.175 e. The molecule has 0 unspecified atom stereocenters. The Balaban J connectivity index is 2.14. The van der Waals surface area contributed by atoms with Crippen molar-refractivity contribution in [2.45, 2.75) is 4.90 Å². The molecular formula is C16H11ClF2N2O2S. The second kappa shape index (κ2) is 5.99. The number of rotatable bonds is 3. The molecule has 1 aromatic heterocycles. The highest BCUT2D eigenvalue weighted by atomic mass is 35.5. The van der Waals surface area contributed by atoms with Crippen molar-refractivity contribution in [1.29, 1.82) is 0 Å². The number of sulfone groups is 1. The number of nitrogens with zero attached hydrogens (tertiary/aromatic N) is 2. The van der Waals surface area contributed by atoms with Crippen LogP contribution in [0, 0.1) is 11.6 Å². The summed E-state index contributed by atoms with van der Waals surface area (Å²) < 4.78 is 51.6. The monoisotopic (exact) mass is 368 g/mol. The molecular weight excluding hydrogens is 358 g/mol. The first-order chi connectivity index (χ1) is 11.3. The quantitative estimate of drug-likeness (QED) is 0.705. The standard InChI is InChI=1S/C16H11ClF2N2O2S/c1-24(22,23)14-4-2-13(3-5-14)21-9-20-16(17)15(21)10-6-11(18)8-12(19)7-10/h2-9H,1H3. The molecule has 0 spiro atoms. The number of hydrogen-bond acceptors (Lipinski definition) is 3. The van der Waals surface area contributed by atoms with Crippen molar-refractivity contribution in [3.63, 3.8) is 0 Å². The normalized spacial score (nSPS) is 11.7. The van der Waals surface area contributed by atoms with Crippen LogP contribution in [-0.2, 0) is 9.84 Å². The molecule has 0 atom stereocenters. The lowest BCUT2D eigenvalue weighted by atomic mass is 10.1. The van der Waals surface area contributed by atoms with E-state index in [0.29, 0.717) is 11.4 Å². The maximum Gasteiger partial charge on any atom is 0.175 e. The van der Waals surface area contributed by atoms with Gasteiger partial charge in [-0.15, -0.1) is 0 Å². The molecule has 0 aliphatic carbocycles. The SMILES string of the molecule is CS(=O)(=O)c1ccc(-n2cnc(Cl)c2-c2cc(F)cc(F)c2)cc1. The molecule has 0 N–H and O–H groups in total. The average molecular weight is 369 g/mol. The van der Waals surface area contributed by atoms with Gasteiger partial charge >= 0.3 is 0 Å². The summed E-state index contributed by atoms with van der Waals surface area (Å²) in [6, 6.07) is 9.06. The Labute approximate surface area is 142 Å². The van der Waals surface area contributed by atoms with Crippen molar-refractivity contribution in [2.24, 2.45) is 0 Å². The van der Waals surface area contributed by atoms with Crippen molar-refractivity contribution < 1.29 is 17.2 Å². The van der Waals surface area contributed by atoms with Crippen LogP contribution in [0.3, 0.4) is 0 Å². The van der Waals surface area contributed by atoms with E-state index in [1.807, 2.05) is 0 Å². The molecule has 0 fully saturated rings. The van der Waals surface area contributed by atoms with E-state index in [1.165, 1.54) is 23.0 Å². The average Bonchev–Trinajstić information content (AvgIpc) is 2.87. The van der Waals surface area contributed by atoms with Gasteiger partial charge in [-0.1, -0.05) is 11.6 Å². The third kappa shape index (κ3) is 3.18. The molecule has 1 heterocycles. The van der Waals surface area contributed by atoms with Crippen molar-refractivity contribution in [2.75, 3.05) is 6.26 Å². The summed E-state index contributed by atoms with van der Waals surface area (Å²) in [4.78, 5) is 4.13. The van der Waals surface area contributed by atoms with Crippen LogP contribution in [0.1, 0.15) is 0 Å². The second-order valence-electron chi connectivity index (χ2n) is 5.18. The van der Waals surface area contributed by atoms with E-state index in [2.05, 4.69) is 4.98 Å². The van der Waals surface area contributed by atoms with E-state index in [0.717, 1.165) is 24.5 Å². The van der Waals surface area contributed by atoms with E-state index in [-0.39, 0.29) is 15.6 Å². The Bertz CT molecular complexity index is 995. The Kier molecular flexibility index (Phi) is 4.15. The first kappa shape index (κ1) is 16.6. The van der Waals surface area contributed by atoms with Crippen LogP contribution in [0.2, 0.25) is 5.15 Å². The van der Waals surface area contributed by atoms with Gasteiger partial charge in [-0.3, -0.25) is 4.57 Å². The summed E-state index contributed by atoms with van der Waals surface area (Å²) in [6.45, 7) is 0. The Morgan fingerprint density at radius 3 is 2.17 bits per heavy atom. The molecule has 4 nitrogen and oxygen atoms in total. The predicted molar refractivity (Wildman–Crippen MR) is 87.0 cm³/mol. The van der Waals surface area contributed by atoms with E-state index >= 15 is 0 Å². The van der Waals surface area contributed by atoms with E-state index in [4.69, 9.17) is 11.6 Å². The van der Waals surface area contributed by atoms with Crippen molar-refractivity contribution in [3.8, 4) is 16.9 Å². The first-order valence-electron chi connectivity index (χ1n) is 6.75. The number of imidazole rings is 1. The summed E-state index contributed by atoms with van der Waals surface area (Å²) in [5, 5.41) is 0.0761. The van der Waals surface area contributed by atoms with Gasteiger partial charge in [-0.25, -0.2) is 22.2 Å². The minimum atomic E-state index is -3.32. The van der Waals surface area contributed by atoms with Gasteiger partial charge in [0, 0.05) is 23.6 Å². The van der Waals surface area contributed by atoms with Gasteiger partial charge in [-0.05, 0) is 36.4 Å². The molecule has 0 aliphatic heterocycles. The fourth-order valence-corrected chi connectivity index (χ4v) is 3.20. The van der Waals surface area contributed by atoms with Crippen LogP contribution < -0.4 is 0 Å².